The van der Waals surface area contributed by atoms with Crippen LogP contribution in [0.25, 0.3) is 0 Å². The van der Waals surface area contributed by atoms with Crippen molar-refractivity contribution >= 4 is 29.4 Å². The molecule has 2 aromatic rings. The minimum atomic E-state index is -1.72. The number of ketones is 1. The number of aromatic nitrogens is 1. The van der Waals surface area contributed by atoms with Gasteiger partial charge in [-0.3, -0.25) is 24.5 Å². The number of amides is 2. The summed E-state index contributed by atoms with van der Waals surface area (Å²) >= 11 is 0. The second kappa shape index (κ2) is 15.6. The van der Waals surface area contributed by atoms with Crippen LogP contribution in [0.3, 0.4) is 0 Å². The number of carbonyl (C=O) groups is 4. The number of hydrogen-bond donors (Lipinski definition) is 3. The Kier molecular flexibility index (Phi) is 14.1. The SMILES string of the molecule is CC[C@@H](C(=O)N[C@@H](CC(=O)O)C(=O)COc1c(F)c(C)cc(F)c1F)n1cccc(NC(=O)OC)c1=O.[CH3-].[V]. The van der Waals surface area contributed by atoms with Gasteiger partial charge in [-0.05, 0) is 37.1 Å². The molecule has 1 aromatic carbocycles. The van der Waals surface area contributed by atoms with E-state index in [4.69, 9.17) is 4.74 Å². The number of anilines is 1. The van der Waals surface area contributed by atoms with Gasteiger partial charge in [0, 0.05) is 24.8 Å². The first kappa shape index (κ1) is 35.2. The molecule has 0 bridgehead atoms. The molecule has 11 nitrogen and oxygen atoms in total. The summed E-state index contributed by atoms with van der Waals surface area (Å²) in [5, 5.41) is 13.6. The third-order valence-electron chi connectivity index (χ3n) is 5.16. The zero-order valence-corrected chi connectivity index (χ0v) is 22.8. The van der Waals surface area contributed by atoms with Gasteiger partial charge in [-0.25, -0.2) is 13.6 Å². The number of benzene rings is 1. The molecule has 0 spiro atoms. The Labute approximate surface area is 233 Å². The van der Waals surface area contributed by atoms with Gasteiger partial charge >= 0.3 is 12.1 Å². The number of rotatable bonds is 11. The number of nitrogens with zero attached hydrogens (tertiary/aromatic N) is 1. The number of aliphatic carboxylic acids is 1. The molecule has 15 heteroatoms. The van der Waals surface area contributed by atoms with Crippen molar-refractivity contribution in [1.29, 1.82) is 0 Å². The molecule has 1 radical (unpaired) electrons. The Morgan fingerprint density at radius 3 is 2.36 bits per heavy atom. The Morgan fingerprint density at radius 1 is 1.15 bits per heavy atom. The second-order valence-electron chi connectivity index (χ2n) is 7.72. The average molecular weight is 593 g/mol. The van der Waals surface area contributed by atoms with Crippen molar-refractivity contribution in [2.75, 3.05) is 19.0 Å². The van der Waals surface area contributed by atoms with Gasteiger partial charge in [0.05, 0.1) is 13.5 Å². The Hall–Kier alpha value is -3.78. The molecule has 39 heavy (non-hydrogen) atoms. The first-order chi connectivity index (χ1) is 17.4. The number of Topliss-reactive ketones (excluding diaryl/α,β-unsaturated/α-hetero) is 1. The normalized spacial score (nSPS) is 11.6. The molecule has 213 valence electrons. The van der Waals surface area contributed by atoms with Crippen LogP contribution >= 0.6 is 0 Å². The maximum absolute atomic E-state index is 14.2. The van der Waals surface area contributed by atoms with Gasteiger partial charge in [0.15, 0.2) is 23.2 Å². The zero-order chi connectivity index (χ0) is 27.9. The Morgan fingerprint density at radius 2 is 1.79 bits per heavy atom. The molecule has 3 N–H and O–H groups in total. The van der Waals surface area contributed by atoms with Gasteiger partial charge in [-0.15, -0.1) is 0 Å². The van der Waals surface area contributed by atoms with Gasteiger partial charge in [0.25, 0.3) is 5.56 Å². The molecule has 2 amide bonds. The molecule has 0 aliphatic heterocycles. The smallest absolute Gasteiger partial charge is 0.411 e. The first-order valence-corrected chi connectivity index (χ1v) is 10.8. The molecule has 0 fully saturated rings. The van der Waals surface area contributed by atoms with Gasteiger partial charge in [-0.2, -0.15) is 4.39 Å². The molecule has 0 aliphatic carbocycles. The van der Waals surface area contributed by atoms with Crippen molar-refractivity contribution in [2.24, 2.45) is 0 Å². The van der Waals surface area contributed by atoms with E-state index >= 15 is 0 Å². The van der Waals surface area contributed by atoms with Crippen LogP contribution in [-0.2, 0) is 37.7 Å². The molecular weight excluding hydrogens is 566 g/mol. The standard InChI is InChI=1S/C23H24F3N3O8.CH3.V/c1-4-15(29-7-5-6-13(22(29)34)28-23(35)36-3)21(33)27-14(9-17(31)32)16(30)10-37-20-18(25)11(2)8-12(24)19(20)26;;/h5-8,14-15H,4,9-10H2,1-3H3,(H,27,33)(H,28,35)(H,31,32);1H3;/q;-1;/t14-,15-;;/m0../s1. The quantitative estimate of drug-likeness (QED) is 0.266. The van der Waals surface area contributed by atoms with Crippen molar-refractivity contribution in [3.05, 3.63) is 65.2 Å². The molecular formula is C24H27F3N3O8V-. The molecule has 0 saturated carbocycles. The number of nitrogens with one attached hydrogen (secondary N) is 2. The number of pyridine rings is 1. The molecule has 1 aromatic heterocycles. The third kappa shape index (κ3) is 8.89. The van der Waals surface area contributed by atoms with E-state index in [1.165, 1.54) is 25.3 Å². The van der Waals surface area contributed by atoms with Crippen molar-refractivity contribution in [2.45, 2.75) is 38.8 Å². The number of methoxy groups -OCH3 is 1. The predicted octanol–water partition coefficient (Wildman–Crippen LogP) is 2.76. The fourth-order valence-corrected chi connectivity index (χ4v) is 3.28. The Bertz CT molecular complexity index is 1250. The van der Waals surface area contributed by atoms with Gasteiger partial charge < -0.3 is 31.9 Å². The summed E-state index contributed by atoms with van der Waals surface area (Å²) in [5.41, 5.74) is -1.29. The van der Waals surface area contributed by atoms with E-state index in [1.807, 2.05) is 0 Å². The Balaban J connectivity index is 0.00000722. The van der Waals surface area contributed by atoms with Crippen molar-refractivity contribution < 1.29 is 65.5 Å². The zero-order valence-electron chi connectivity index (χ0n) is 21.4. The first-order valence-electron chi connectivity index (χ1n) is 10.8. The largest absolute Gasteiger partial charge is 0.481 e. The van der Waals surface area contributed by atoms with E-state index in [9.17, 15) is 42.3 Å². The van der Waals surface area contributed by atoms with Crippen LogP contribution in [0.4, 0.5) is 23.7 Å². The average Bonchev–Trinajstić information content (AvgIpc) is 2.84. The van der Waals surface area contributed by atoms with Gasteiger partial charge in [-0.1, -0.05) is 6.92 Å². The van der Waals surface area contributed by atoms with Crippen LogP contribution in [0.5, 0.6) is 5.75 Å². The summed E-state index contributed by atoms with van der Waals surface area (Å²) in [6.45, 7) is 1.58. The summed E-state index contributed by atoms with van der Waals surface area (Å²) < 4.78 is 51.9. The topological polar surface area (TPSA) is 153 Å². The fourth-order valence-electron chi connectivity index (χ4n) is 3.28. The summed E-state index contributed by atoms with van der Waals surface area (Å²) in [4.78, 5) is 61.0. The van der Waals surface area contributed by atoms with Crippen LogP contribution < -0.4 is 20.9 Å². The number of carboxylic acids is 1. The van der Waals surface area contributed by atoms with Crippen molar-refractivity contribution in [3.8, 4) is 5.75 Å². The van der Waals surface area contributed by atoms with E-state index in [2.05, 4.69) is 15.4 Å². The molecule has 0 aliphatic rings. The summed E-state index contributed by atoms with van der Waals surface area (Å²) in [6, 6.07) is 0.265. The van der Waals surface area contributed by atoms with Crippen molar-refractivity contribution in [3.63, 3.8) is 0 Å². The van der Waals surface area contributed by atoms with Crippen LogP contribution in [0.1, 0.15) is 31.4 Å². The molecule has 2 rings (SSSR count). The van der Waals surface area contributed by atoms with E-state index < -0.39 is 77.6 Å². The molecule has 0 saturated heterocycles. The predicted molar refractivity (Wildman–Crippen MR) is 128 cm³/mol. The number of hydrogen-bond acceptors (Lipinski definition) is 7. The maximum Gasteiger partial charge on any atom is 0.411 e. The molecule has 0 unspecified atom stereocenters. The minimum Gasteiger partial charge on any atom is -0.481 e. The van der Waals surface area contributed by atoms with Crippen LogP contribution in [0.2, 0.25) is 0 Å². The molecule has 2 atom stereocenters. The maximum atomic E-state index is 14.2. The van der Waals surface area contributed by atoms with E-state index in [1.54, 1.807) is 0 Å². The number of halogens is 3. The van der Waals surface area contributed by atoms with E-state index in [0.717, 1.165) is 18.6 Å². The van der Waals surface area contributed by atoms with Gasteiger partial charge in [0.2, 0.25) is 11.7 Å². The van der Waals surface area contributed by atoms with Crippen molar-refractivity contribution in [1.82, 2.24) is 9.88 Å². The van der Waals surface area contributed by atoms with E-state index in [0.29, 0.717) is 6.07 Å². The number of aryl methyl sites for hydroxylation is 1. The monoisotopic (exact) mass is 593 g/mol. The summed E-state index contributed by atoms with van der Waals surface area (Å²) in [5.74, 6) is -9.03. The van der Waals surface area contributed by atoms with Crippen LogP contribution in [0.15, 0.2) is 29.2 Å². The third-order valence-corrected chi connectivity index (χ3v) is 5.16. The number of ether oxygens (including phenoxy) is 2. The minimum absolute atomic E-state index is 0. The number of carboxylic acid groups (broad SMARTS) is 1. The van der Waals surface area contributed by atoms with Gasteiger partial charge in [0.1, 0.15) is 24.4 Å². The number of carbonyl (C=O) groups excluding carboxylic acids is 3. The van der Waals surface area contributed by atoms with E-state index in [-0.39, 0.29) is 43.7 Å². The molecule has 1 heterocycles. The summed E-state index contributed by atoms with van der Waals surface area (Å²) in [6.07, 6.45) is -0.596. The second-order valence-corrected chi connectivity index (χ2v) is 7.72. The summed E-state index contributed by atoms with van der Waals surface area (Å²) in [7, 11) is 1.08. The van der Waals surface area contributed by atoms with Crippen LogP contribution in [-0.4, -0.2) is 53.2 Å². The fraction of sp³-hybridized carbons (Fsp3) is 0.333. The van der Waals surface area contributed by atoms with Crippen LogP contribution in [0, 0.1) is 31.8 Å².